The van der Waals surface area contributed by atoms with Crippen LogP contribution in [-0.2, 0) is 14.3 Å². The van der Waals surface area contributed by atoms with Crippen LogP contribution in [0.25, 0.3) is 0 Å². The van der Waals surface area contributed by atoms with Gasteiger partial charge in [0.2, 0.25) is 5.91 Å². The number of ether oxygens (including phenoxy) is 1. The molecule has 0 rings (SSSR count). The molecule has 82 heavy (non-hydrogen) atoms. The highest BCUT2D eigenvalue weighted by atomic mass is 16.5. The number of hydrogen-bond acceptors (Lipinski definition) is 5. The lowest BCUT2D eigenvalue weighted by Gasteiger charge is -2.22. The Balaban J connectivity index is 3.28. The van der Waals surface area contributed by atoms with E-state index >= 15 is 0 Å². The number of esters is 1. The molecule has 2 unspecified atom stereocenters. The monoisotopic (exact) mass is 1160 g/mol. The fourth-order valence-corrected chi connectivity index (χ4v) is 12.3. The molecular weight excluding hydrogens is 1010 g/mol. The third-order valence-electron chi connectivity index (χ3n) is 18.1. The van der Waals surface area contributed by atoms with Gasteiger partial charge in [0, 0.05) is 12.8 Å². The molecule has 0 aliphatic carbocycles. The fraction of sp³-hybridized carbons (Fsp3) is 0.947. The normalized spacial score (nSPS) is 12.5. The summed E-state index contributed by atoms with van der Waals surface area (Å²) >= 11 is 0. The molecule has 6 heteroatoms. The third kappa shape index (κ3) is 67.7. The summed E-state index contributed by atoms with van der Waals surface area (Å²) in [4.78, 5) is 24.6. The van der Waals surface area contributed by atoms with Gasteiger partial charge in [-0.15, -0.1) is 0 Å². The van der Waals surface area contributed by atoms with Crippen LogP contribution in [-0.4, -0.2) is 47.4 Å². The van der Waals surface area contributed by atoms with E-state index in [1.807, 2.05) is 0 Å². The van der Waals surface area contributed by atoms with Crippen molar-refractivity contribution in [3.63, 3.8) is 0 Å². The molecule has 0 aromatic carbocycles. The molecule has 0 radical (unpaired) electrons. The topological polar surface area (TPSA) is 95.9 Å². The van der Waals surface area contributed by atoms with Crippen molar-refractivity contribution in [1.29, 1.82) is 0 Å². The Kier molecular flexibility index (Phi) is 70.8. The van der Waals surface area contributed by atoms with Crippen LogP contribution in [0.5, 0.6) is 0 Å². The lowest BCUT2D eigenvalue weighted by Crippen LogP contribution is -2.45. The van der Waals surface area contributed by atoms with Crippen LogP contribution in [0.3, 0.4) is 0 Å². The number of allylic oxidation sites excluding steroid dienone is 2. The predicted molar refractivity (Wildman–Crippen MR) is 361 cm³/mol. The lowest BCUT2D eigenvalue weighted by atomic mass is 10.0. The quantitative estimate of drug-likeness (QED) is 0.0320. The molecule has 0 spiro atoms. The van der Waals surface area contributed by atoms with E-state index in [1.54, 1.807) is 0 Å². The number of carbonyl (C=O) groups excluding carboxylic acids is 2. The molecule has 0 fully saturated rings. The minimum absolute atomic E-state index is 0.0163. The molecule has 3 N–H and O–H groups in total. The smallest absolute Gasteiger partial charge is 0.305 e. The summed E-state index contributed by atoms with van der Waals surface area (Å²) in [6.45, 7) is 4.98. The van der Waals surface area contributed by atoms with E-state index in [-0.39, 0.29) is 18.5 Å². The average molecular weight is 1160 g/mol. The van der Waals surface area contributed by atoms with Crippen LogP contribution in [0.4, 0.5) is 0 Å². The molecule has 488 valence electrons. The summed E-state index contributed by atoms with van der Waals surface area (Å²) in [6, 6.07) is -0.535. The van der Waals surface area contributed by atoms with E-state index in [9.17, 15) is 19.8 Å². The van der Waals surface area contributed by atoms with Gasteiger partial charge in [-0.1, -0.05) is 386 Å². The van der Waals surface area contributed by atoms with Crippen molar-refractivity contribution in [2.45, 2.75) is 450 Å². The number of aliphatic hydroxyl groups excluding tert-OH is 2. The minimum atomic E-state index is -0.658. The van der Waals surface area contributed by atoms with Crippen molar-refractivity contribution in [2.75, 3.05) is 13.2 Å². The fourth-order valence-electron chi connectivity index (χ4n) is 12.3. The van der Waals surface area contributed by atoms with Gasteiger partial charge in [0.15, 0.2) is 0 Å². The molecule has 6 nitrogen and oxygen atoms in total. The van der Waals surface area contributed by atoms with Crippen molar-refractivity contribution >= 4 is 11.9 Å². The van der Waals surface area contributed by atoms with E-state index in [2.05, 4.69) is 31.3 Å². The molecule has 0 heterocycles. The first-order valence-corrected chi connectivity index (χ1v) is 37.9. The van der Waals surface area contributed by atoms with Crippen LogP contribution in [0.1, 0.15) is 438 Å². The van der Waals surface area contributed by atoms with Crippen molar-refractivity contribution in [2.24, 2.45) is 0 Å². The summed E-state index contributed by atoms with van der Waals surface area (Å²) in [6.07, 6.45) is 90.2. The molecule has 0 saturated carbocycles. The number of amides is 1. The molecule has 0 aliphatic rings. The van der Waals surface area contributed by atoms with Crippen molar-refractivity contribution < 1.29 is 24.5 Å². The van der Waals surface area contributed by atoms with Crippen LogP contribution in [0.2, 0.25) is 0 Å². The summed E-state index contributed by atoms with van der Waals surface area (Å²) in [7, 11) is 0. The van der Waals surface area contributed by atoms with Crippen molar-refractivity contribution in [3.8, 4) is 0 Å². The second kappa shape index (κ2) is 72.1. The molecule has 0 bridgehead atoms. The highest BCUT2D eigenvalue weighted by Gasteiger charge is 2.20. The van der Waals surface area contributed by atoms with Crippen LogP contribution in [0, 0.1) is 0 Å². The summed E-state index contributed by atoms with van der Waals surface area (Å²) < 4.78 is 5.50. The number of aliphatic hydroxyl groups is 2. The summed E-state index contributed by atoms with van der Waals surface area (Å²) in [5.74, 6) is -0.0101. The van der Waals surface area contributed by atoms with E-state index in [4.69, 9.17) is 4.74 Å². The van der Waals surface area contributed by atoms with Crippen LogP contribution < -0.4 is 5.32 Å². The lowest BCUT2D eigenvalue weighted by molar-refractivity contribution is -0.143. The third-order valence-corrected chi connectivity index (χ3v) is 18.1. The summed E-state index contributed by atoms with van der Waals surface area (Å²) in [5, 5.41) is 23.3. The summed E-state index contributed by atoms with van der Waals surface area (Å²) in [5.41, 5.74) is 0. The van der Waals surface area contributed by atoms with Gasteiger partial charge in [-0.05, 0) is 51.4 Å². The maximum absolute atomic E-state index is 12.5. The Morgan fingerprint density at radius 1 is 0.329 bits per heavy atom. The Hall–Kier alpha value is -1.40. The standard InChI is InChI=1S/C76H149NO5/c1-3-5-7-9-11-13-15-17-41-46-50-54-58-62-66-70-76(81)82-71-67-63-59-55-51-47-43-40-38-36-34-32-30-28-26-24-22-20-18-19-21-23-25-27-29-31-33-35-37-39-42-45-49-53-57-61-65-69-75(80)77-73(72-78)74(79)68-64-60-56-52-48-44-16-14-12-10-8-6-4-2/h17,41,73-74,78-79H,3-16,18-40,42-72H2,1-2H3,(H,77,80)/b41-17-. The number of rotatable bonds is 72. The highest BCUT2D eigenvalue weighted by Crippen LogP contribution is 2.20. The number of carbonyl (C=O) groups is 2. The first-order chi connectivity index (χ1) is 40.5. The van der Waals surface area contributed by atoms with Crippen LogP contribution in [0.15, 0.2) is 12.2 Å². The van der Waals surface area contributed by atoms with E-state index < -0.39 is 12.1 Å². The Morgan fingerprint density at radius 3 is 0.866 bits per heavy atom. The molecular formula is C76H149NO5. The van der Waals surface area contributed by atoms with E-state index in [0.29, 0.717) is 25.9 Å². The zero-order chi connectivity index (χ0) is 59.2. The van der Waals surface area contributed by atoms with Gasteiger partial charge in [-0.2, -0.15) is 0 Å². The largest absolute Gasteiger partial charge is 0.466 e. The second-order valence-electron chi connectivity index (χ2n) is 26.3. The van der Waals surface area contributed by atoms with Gasteiger partial charge in [0.25, 0.3) is 0 Å². The molecule has 0 saturated heterocycles. The zero-order valence-corrected chi connectivity index (χ0v) is 56.0. The molecule has 2 atom stereocenters. The van der Waals surface area contributed by atoms with Gasteiger partial charge in [0.1, 0.15) is 0 Å². The van der Waals surface area contributed by atoms with E-state index in [1.165, 1.54) is 360 Å². The Labute approximate surface area is 514 Å². The molecule has 0 aliphatic heterocycles. The van der Waals surface area contributed by atoms with Gasteiger partial charge < -0.3 is 20.3 Å². The molecule has 1 amide bonds. The molecule has 0 aromatic rings. The van der Waals surface area contributed by atoms with E-state index in [0.717, 1.165) is 44.9 Å². The number of hydrogen-bond donors (Lipinski definition) is 3. The average Bonchev–Trinajstić information content (AvgIpc) is 3.48. The minimum Gasteiger partial charge on any atom is -0.466 e. The predicted octanol–water partition coefficient (Wildman–Crippen LogP) is 24.7. The Bertz CT molecular complexity index is 1240. The van der Waals surface area contributed by atoms with Gasteiger partial charge in [-0.3, -0.25) is 9.59 Å². The maximum Gasteiger partial charge on any atom is 0.305 e. The number of nitrogens with one attached hydrogen (secondary N) is 1. The van der Waals surface area contributed by atoms with Gasteiger partial charge in [-0.25, -0.2) is 0 Å². The zero-order valence-electron chi connectivity index (χ0n) is 56.0. The van der Waals surface area contributed by atoms with Crippen LogP contribution >= 0.6 is 0 Å². The first-order valence-electron chi connectivity index (χ1n) is 37.9. The van der Waals surface area contributed by atoms with Crippen molar-refractivity contribution in [1.82, 2.24) is 5.32 Å². The number of unbranched alkanes of at least 4 members (excludes halogenated alkanes) is 59. The van der Waals surface area contributed by atoms with Crippen molar-refractivity contribution in [3.05, 3.63) is 12.2 Å². The SMILES string of the molecule is CCCCCCCC/C=C\CCCCCCCC(=O)OCCCCCCCCCCCCCCCCCCCCCCCCCCCCCCCCCCCCCCCC(=O)NC(CO)C(O)CCCCCCCCCCCCCCC. The molecule has 0 aromatic heterocycles. The highest BCUT2D eigenvalue weighted by molar-refractivity contribution is 5.76. The Morgan fingerprint density at radius 2 is 0.573 bits per heavy atom. The second-order valence-corrected chi connectivity index (χ2v) is 26.3. The first kappa shape index (κ1) is 80.6. The maximum atomic E-state index is 12.5. The van der Waals surface area contributed by atoms with Gasteiger partial charge >= 0.3 is 5.97 Å². The van der Waals surface area contributed by atoms with Gasteiger partial charge in [0.05, 0.1) is 25.4 Å².